The molecule has 0 bridgehead atoms. The molecule has 0 aliphatic rings. The number of pyridine rings is 1. The van der Waals surface area contributed by atoms with Crippen LogP contribution in [0.1, 0.15) is 18.2 Å². The molecule has 0 amide bonds. The molecule has 84 valence electrons. The van der Waals surface area contributed by atoms with Crippen LogP contribution in [0.25, 0.3) is 0 Å². The van der Waals surface area contributed by atoms with E-state index >= 15 is 0 Å². The monoisotopic (exact) mass is 278 g/mol. The molecule has 0 aromatic carbocycles. The van der Waals surface area contributed by atoms with E-state index in [2.05, 4.69) is 20.9 Å². The van der Waals surface area contributed by atoms with Gasteiger partial charge >= 0.3 is 0 Å². The maximum atomic E-state index is 12.8. The van der Waals surface area contributed by atoms with Gasteiger partial charge in [0.1, 0.15) is 6.10 Å². The first-order valence-corrected chi connectivity index (χ1v) is 5.52. The van der Waals surface area contributed by atoms with Crippen LogP contribution in [0.4, 0.5) is 10.1 Å². The van der Waals surface area contributed by atoms with Crippen molar-refractivity contribution in [3.8, 4) is 0 Å². The summed E-state index contributed by atoms with van der Waals surface area (Å²) in [6, 6.07) is 2.41. The number of aliphatic hydroxyl groups excluding tert-OH is 2. The number of aromatic nitrogens is 1. The highest BCUT2D eigenvalue weighted by molar-refractivity contribution is 9.09. The van der Waals surface area contributed by atoms with Crippen LogP contribution in [0.5, 0.6) is 0 Å². The average Bonchev–Trinajstić information content (AvgIpc) is 2.21. The molecule has 2 atom stereocenters. The highest BCUT2D eigenvalue weighted by Crippen LogP contribution is 2.23. The summed E-state index contributed by atoms with van der Waals surface area (Å²) >= 11 is 3.13. The molecule has 15 heavy (non-hydrogen) atoms. The molecule has 0 radical (unpaired) electrons. The van der Waals surface area contributed by atoms with Crippen molar-refractivity contribution in [2.24, 2.45) is 0 Å². The Morgan fingerprint density at radius 1 is 1.47 bits per heavy atom. The fourth-order valence-electron chi connectivity index (χ4n) is 1.15. The van der Waals surface area contributed by atoms with Gasteiger partial charge < -0.3 is 15.9 Å². The summed E-state index contributed by atoms with van der Waals surface area (Å²) in [6.45, 7) is 0. The molecule has 1 aromatic heterocycles. The molecule has 1 heterocycles. The molecule has 0 saturated carbocycles. The molecule has 4 nitrogen and oxygen atoms in total. The second-order valence-electron chi connectivity index (χ2n) is 3.10. The van der Waals surface area contributed by atoms with Crippen LogP contribution in [0.15, 0.2) is 12.1 Å². The zero-order valence-corrected chi connectivity index (χ0v) is 9.48. The minimum absolute atomic E-state index is 0.0246. The smallest absolute Gasteiger partial charge is 0.213 e. The Morgan fingerprint density at radius 3 is 2.73 bits per heavy atom. The largest absolute Gasteiger partial charge is 0.397 e. The summed E-state index contributed by atoms with van der Waals surface area (Å²) in [4.78, 5) is 3.46. The lowest BCUT2D eigenvalue weighted by atomic mass is 10.1. The topological polar surface area (TPSA) is 79.4 Å². The van der Waals surface area contributed by atoms with Crippen molar-refractivity contribution in [1.82, 2.24) is 4.98 Å². The van der Waals surface area contributed by atoms with Gasteiger partial charge in [0, 0.05) is 5.33 Å². The Kier molecular flexibility index (Phi) is 4.44. The highest BCUT2D eigenvalue weighted by atomic mass is 79.9. The first-order valence-electron chi connectivity index (χ1n) is 4.40. The third-order valence-electron chi connectivity index (χ3n) is 1.97. The van der Waals surface area contributed by atoms with Crippen molar-refractivity contribution in [2.75, 3.05) is 11.1 Å². The van der Waals surface area contributed by atoms with Gasteiger partial charge in [0.25, 0.3) is 0 Å². The Labute approximate surface area is 95.1 Å². The van der Waals surface area contributed by atoms with Crippen molar-refractivity contribution < 1.29 is 14.6 Å². The number of aliphatic hydroxyl groups is 2. The van der Waals surface area contributed by atoms with E-state index in [0.29, 0.717) is 11.8 Å². The number of halogens is 2. The van der Waals surface area contributed by atoms with Crippen LogP contribution in [0.2, 0.25) is 0 Å². The van der Waals surface area contributed by atoms with Crippen LogP contribution < -0.4 is 5.73 Å². The van der Waals surface area contributed by atoms with Crippen molar-refractivity contribution in [1.29, 1.82) is 0 Å². The summed E-state index contributed by atoms with van der Waals surface area (Å²) in [5, 5.41) is 19.7. The zero-order valence-electron chi connectivity index (χ0n) is 7.90. The Bertz CT molecular complexity index is 338. The average molecular weight is 279 g/mol. The summed E-state index contributed by atoms with van der Waals surface area (Å²) in [5.41, 5.74) is 5.65. The summed E-state index contributed by atoms with van der Waals surface area (Å²) < 4.78 is 12.8. The molecule has 0 saturated heterocycles. The number of hydrogen-bond donors (Lipinski definition) is 3. The molecule has 0 aliphatic carbocycles. The minimum atomic E-state index is -1.27. The van der Waals surface area contributed by atoms with Crippen LogP contribution in [-0.2, 0) is 0 Å². The SMILES string of the molecule is Nc1ccc(F)nc1C(O)C(O)CCBr. The van der Waals surface area contributed by atoms with Crippen molar-refractivity contribution >= 4 is 21.6 Å². The van der Waals surface area contributed by atoms with Crippen LogP contribution in [-0.4, -0.2) is 26.6 Å². The van der Waals surface area contributed by atoms with Crippen LogP contribution in [0, 0.1) is 5.95 Å². The number of hydrogen-bond acceptors (Lipinski definition) is 4. The van der Waals surface area contributed by atoms with Crippen LogP contribution in [0.3, 0.4) is 0 Å². The fourth-order valence-corrected chi connectivity index (χ4v) is 1.62. The summed E-state index contributed by atoms with van der Waals surface area (Å²) in [6.07, 6.45) is -1.95. The lowest BCUT2D eigenvalue weighted by Crippen LogP contribution is -2.21. The second kappa shape index (κ2) is 5.39. The van der Waals surface area contributed by atoms with Crippen molar-refractivity contribution in [2.45, 2.75) is 18.6 Å². The van der Waals surface area contributed by atoms with Gasteiger partial charge in [-0.1, -0.05) is 15.9 Å². The standard InChI is InChI=1S/C9H12BrFN2O2/c10-4-3-6(14)9(15)8-5(12)1-2-7(11)13-8/h1-2,6,9,14-15H,3-4,12H2. The number of nitrogens with two attached hydrogens (primary N) is 1. The fraction of sp³-hybridized carbons (Fsp3) is 0.444. The second-order valence-corrected chi connectivity index (χ2v) is 3.89. The third-order valence-corrected chi connectivity index (χ3v) is 2.43. The molecule has 0 spiro atoms. The number of rotatable bonds is 4. The Balaban J connectivity index is 2.89. The first-order chi connectivity index (χ1) is 7.06. The molecule has 6 heteroatoms. The third kappa shape index (κ3) is 3.12. The van der Waals surface area contributed by atoms with Gasteiger partial charge in [-0.25, -0.2) is 4.98 Å². The van der Waals surface area contributed by atoms with E-state index in [9.17, 15) is 14.6 Å². The van der Waals surface area contributed by atoms with Gasteiger partial charge in [0.2, 0.25) is 5.95 Å². The number of nitrogen functional groups attached to an aromatic ring is 1. The molecule has 1 rings (SSSR count). The highest BCUT2D eigenvalue weighted by Gasteiger charge is 2.21. The maximum Gasteiger partial charge on any atom is 0.213 e. The number of alkyl halides is 1. The lowest BCUT2D eigenvalue weighted by molar-refractivity contribution is 0.0149. The van der Waals surface area contributed by atoms with Crippen molar-refractivity contribution in [3.05, 3.63) is 23.8 Å². The van der Waals surface area contributed by atoms with Gasteiger partial charge in [-0.05, 0) is 18.6 Å². The summed E-state index contributed by atoms with van der Waals surface area (Å²) in [7, 11) is 0. The van der Waals surface area contributed by atoms with E-state index in [0.717, 1.165) is 6.07 Å². The first kappa shape index (κ1) is 12.4. The van der Waals surface area contributed by atoms with Gasteiger partial charge in [-0.3, -0.25) is 0 Å². The molecule has 4 N–H and O–H groups in total. The van der Waals surface area contributed by atoms with Crippen molar-refractivity contribution in [3.63, 3.8) is 0 Å². The quantitative estimate of drug-likeness (QED) is 0.567. The normalized spacial score (nSPS) is 14.9. The predicted molar refractivity (Wildman–Crippen MR) is 58.0 cm³/mol. The minimum Gasteiger partial charge on any atom is -0.397 e. The van der Waals surface area contributed by atoms with Gasteiger partial charge in [0.05, 0.1) is 17.5 Å². The van der Waals surface area contributed by atoms with E-state index in [4.69, 9.17) is 5.73 Å². The molecule has 0 aliphatic heterocycles. The Hall–Kier alpha value is -0.720. The molecule has 2 unspecified atom stereocenters. The van der Waals surface area contributed by atoms with E-state index in [-0.39, 0.29) is 11.4 Å². The predicted octanol–water partition coefficient (Wildman–Crippen LogP) is 0.982. The number of anilines is 1. The molecular weight excluding hydrogens is 267 g/mol. The van der Waals surface area contributed by atoms with Gasteiger partial charge in [-0.15, -0.1) is 0 Å². The molecule has 0 fully saturated rings. The van der Waals surface area contributed by atoms with E-state index in [1.807, 2.05) is 0 Å². The molecule has 1 aromatic rings. The van der Waals surface area contributed by atoms with Crippen LogP contribution >= 0.6 is 15.9 Å². The van der Waals surface area contributed by atoms with Gasteiger partial charge in [-0.2, -0.15) is 4.39 Å². The summed E-state index contributed by atoms with van der Waals surface area (Å²) in [5.74, 6) is -0.732. The molecular formula is C9H12BrFN2O2. The number of nitrogens with zero attached hydrogens (tertiary/aromatic N) is 1. The van der Waals surface area contributed by atoms with E-state index in [1.54, 1.807) is 0 Å². The van der Waals surface area contributed by atoms with Gasteiger partial charge in [0.15, 0.2) is 0 Å². The zero-order chi connectivity index (χ0) is 11.4. The van der Waals surface area contributed by atoms with E-state index in [1.165, 1.54) is 6.07 Å². The lowest BCUT2D eigenvalue weighted by Gasteiger charge is -2.17. The van der Waals surface area contributed by atoms with E-state index < -0.39 is 18.2 Å². The Morgan fingerprint density at radius 2 is 2.13 bits per heavy atom. The maximum absolute atomic E-state index is 12.8.